The van der Waals surface area contributed by atoms with E-state index in [1.54, 1.807) is 0 Å². The molecule has 0 unspecified atom stereocenters. The lowest BCUT2D eigenvalue weighted by Gasteiger charge is -2.35. The summed E-state index contributed by atoms with van der Waals surface area (Å²) in [7, 11) is 2.24. The number of hydrogen-bond acceptors (Lipinski definition) is 3. The summed E-state index contributed by atoms with van der Waals surface area (Å²) in [5.41, 5.74) is 4.24. The molecule has 0 amide bonds. The molecule has 3 nitrogen and oxygen atoms in total. The van der Waals surface area contributed by atoms with E-state index in [1.165, 1.54) is 29.8 Å². The van der Waals surface area contributed by atoms with Crippen molar-refractivity contribution in [2.75, 3.05) is 37.0 Å². The fraction of sp³-hybridized carbons (Fsp3) is 0.600. The van der Waals surface area contributed by atoms with Gasteiger partial charge in [-0.05, 0) is 43.4 Å². The zero-order valence-electron chi connectivity index (χ0n) is 11.1. The molecule has 3 heteroatoms. The average Bonchev–Trinajstić information content (AvgIpc) is 2.47. The number of rotatable bonds is 2. The monoisotopic (exact) mass is 246 g/mol. The summed E-state index contributed by atoms with van der Waals surface area (Å²) in [5.74, 6) is 0. The third-order valence-corrected chi connectivity index (χ3v) is 4.19. The van der Waals surface area contributed by atoms with Gasteiger partial charge in [0.2, 0.25) is 0 Å². The first kappa shape index (κ1) is 11.8. The van der Waals surface area contributed by atoms with Crippen molar-refractivity contribution in [3.63, 3.8) is 0 Å². The Labute approximate surface area is 109 Å². The van der Waals surface area contributed by atoms with Gasteiger partial charge in [0.25, 0.3) is 0 Å². The van der Waals surface area contributed by atoms with E-state index in [0.29, 0.717) is 6.04 Å². The first-order valence-electron chi connectivity index (χ1n) is 7.02. The van der Waals surface area contributed by atoms with Gasteiger partial charge < -0.3 is 15.0 Å². The highest BCUT2D eigenvalue weighted by Crippen LogP contribution is 2.33. The topological polar surface area (TPSA) is 24.5 Å². The summed E-state index contributed by atoms with van der Waals surface area (Å²) in [6.45, 7) is 2.92. The van der Waals surface area contributed by atoms with Gasteiger partial charge in [-0.2, -0.15) is 0 Å². The van der Waals surface area contributed by atoms with E-state index in [4.69, 9.17) is 4.74 Å². The quantitative estimate of drug-likeness (QED) is 0.868. The van der Waals surface area contributed by atoms with Crippen LogP contribution < -0.4 is 10.2 Å². The van der Waals surface area contributed by atoms with Gasteiger partial charge in [0.15, 0.2) is 0 Å². The number of fused-ring (bicyclic) bond motifs is 1. The van der Waals surface area contributed by atoms with E-state index in [2.05, 4.69) is 35.5 Å². The predicted octanol–water partition coefficient (Wildman–Crippen LogP) is 2.66. The molecule has 98 valence electrons. The Balaban J connectivity index is 1.86. The van der Waals surface area contributed by atoms with Gasteiger partial charge in [-0.25, -0.2) is 0 Å². The van der Waals surface area contributed by atoms with Gasteiger partial charge in [-0.3, -0.25) is 0 Å². The van der Waals surface area contributed by atoms with Crippen molar-refractivity contribution < 1.29 is 4.74 Å². The third-order valence-electron chi connectivity index (χ3n) is 4.19. The second-order valence-corrected chi connectivity index (χ2v) is 5.29. The number of nitrogens with zero attached hydrogens (tertiary/aromatic N) is 1. The largest absolute Gasteiger partial charge is 0.385 e. The summed E-state index contributed by atoms with van der Waals surface area (Å²) in [5, 5.41) is 3.51. The molecule has 0 saturated carbocycles. The van der Waals surface area contributed by atoms with Crippen molar-refractivity contribution in [2.45, 2.75) is 31.7 Å². The second kappa shape index (κ2) is 5.19. The molecule has 0 spiro atoms. The zero-order chi connectivity index (χ0) is 12.4. The number of nitrogens with one attached hydrogen (secondary N) is 1. The Kier molecular flexibility index (Phi) is 3.41. The van der Waals surface area contributed by atoms with E-state index in [1.807, 2.05) is 0 Å². The molecule has 1 aromatic carbocycles. The molecule has 1 fully saturated rings. The Hall–Kier alpha value is -1.22. The van der Waals surface area contributed by atoms with E-state index in [9.17, 15) is 0 Å². The van der Waals surface area contributed by atoms with Crippen molar-refractivity contribution in [1.82, 2.24) is 0 Å². The van der Waals surface area contributed by atoms with Crippen LogP contribution in [0.3, 0.4) is 0 Å². The SMILES string of the molecule is CN(c1cccc2c1CCCN2)C1CCOCC1. The third kappa shape index (κ3) is 2.19. The molecule has 0 bridgehead atoms. The molecule has 2 aliphatic heterocycles. The normalized spacial score (nSPS) is 20.1. The summed E-state index contributed by atoms with van der Waals surface area (Å²) in [6.07, 6.45) is 4.74. The summed E-state index contributed by atoms with van der Waals surface area (Å²) >= 11 is 0. The summed E-state index contributed by atoms with van der Waals surface area (Å²) in [6, 6.07) is 7.27. The van der Waals surface area contributed by atoms with Crippen LogP contribution in [0.2, 0.25) is 0 Å². The molecule has 0 aliphatic carbocycles. The number of benzene rings is 1. The molecular weight excluding hydrogens is 224 g/mol. The highest BCUT2D eigenvalue weighted by Gasteiger charge is 2.22. The first-order chi connectivity index (χ1) is 8.86. The Morgan fingerprint density at radius 2 is 2.11 bits per heavy atom. The lowest BCUT2D eigenvalue weighted by Crippen LogP contribution is -2.37. The summed E-state index contributed by atoms with van der Waals surface area (Å²) < 4.78 is 5.46. The van der Waals surface area contributed by atoms with Gasteiger partial charge in [0.1, 0.15) is 0 Å². The van der Waals surface area contributed by atoms with E-state index in [-0.39, 0.29) is 0 Å². The van der Waals surface area contributed by atoms with Crippen LogP contribution in [0.25, 0.3) is 0 Å². The summed E-state index contributed by atoms with van der Waals surface area (Å²) in [4.78, 5) is 2.47. The molecular formula is C15H22N2O. The molecule has 1 N–H and O–H groups in total. The minimum absolute atomic E-state index is 0.632. The predicted molar refractivity (Wildman–Crippen MR) is 75.5 cm³/mol. The molecule has 0 atom stereocenters. The van der Waals surface area contributed by atoms with Crippen molar-refractivity contribution >= 4 is 11.4 Å². The number of anilines is 2. The minimum atomic E-state index is 0.632. The minimum Gasteiger partial charge on any atom is -0.385 e. The van der Waals surface area contributed by atoms with Crippen LogP contribution in [-0.4, -0.2) is 32.8 Å². The van der Waals surface area contributed by atoms with Crippen molar-refractivity contribution in [2.24, 2.45) is 0 Å². The lowest BCUT2D eigenvalue weighted by molar-refractivity contribution is 0.0854. The maximum Gasteiger partial charge on any atom is 0.0485 e. The molecule has 2 heterocycles. The second-order valence-electron chi connectivity index (χ2n) is 5.29. The fourth-order valence-corrected chi connectivity index (χ4v) is 3.09. The molecule has 1 aromatic rings. The smallest absolute Gasteiger partial charge is 0.0485 e. The van der Waals surface area contributed by atoms with Gasteiger partial charge >= 0.3 is 0 Å². The number of hydrogen-bond donors (Lipinski definition) is 1. The molecule has 0 aromatic heterocycles. The van der Waals surface area contributed by atoms with Crippen LogP contribution in [0, 0.1) is 0 Å². The van der Waals surface area contributed by atoms with Gasteiger partial charge in [0, 0.05) is 44.2 Å². The van der Waals surface area contributed by atoms with E-state index >= 15 is 0 Å². The molecule has 18 heavy (non-hydrogen) atoms. The van der Waals surface area contributed by atoms with Crippen LogP contribution in [-0.2, 0) is 11.2 Å². The van der Waals surface area contributed by atoms with E-state index in [0.717, 1.165) is 32.6 Å². The van der Waals surface area contributed by atoms with Crippen LogP contribution in [0.4, 0.5) is 11.4 Å². The van der Waals surface area contributed by atoms with Crippen molar-refractivity contribution in [1.29, 1.82) is 0 Å². The zero-order valence-corrected chi connectivity index (χ0v) is 11.1. The molecule has 3 rings (SSSR count). The Morgan fingerprint density at radius 3 is 2.94 bits per heavy atom. The van der Waals surface area contributed by atoms with Crippen LogP contribution in [0.5, 0.6) is 0 Å². The Bertz CT molecular complexity index is 413. The molecule has 0 radical (unpaired) electrons. The molecule has 2 aliphatic rings. The fourth-order valence-electron chi connectivity index (χ4n) is 3.09. The highest BCUT2D eigenvalue weighted by molar-refractivity contribution is 5.68. The van der Waals surface area contributed by atoms with E-state index < -0.39 is 0 Å². The maximum atomic E-state index is 5.46. The standard InChI is InChI=1S/C15H22N2O/c1-17(12-7-10-18-11-8-12)15-6-2-5-14-13(15)4-3-9-16-14/h2,5-6,12,16H,3-4,7-11H2,1H3. The van der Waals surface area contributed by atoms with Crippen molar-refractivity contribution in [3.8, 4) is 0 Å². The average molecular weight is 246 g/mol. The Morgan fingerprint density at radius 1 is 1.28 bits per heavy atom. The number of ether oxygens (including phenoxy) is 1. The van der Waals surface area contributed by atoms with Gasteiger partial charge in [-0.15, -0.1) is 0 Å². The van der Waals surface area contributed by atoms with Gasteiger partial charge in [-0.1, -0.05) is 6.07 Å². The highest BCUT2D eigenvalue weighted by atomic mass is 16.5. The lowest BCUT2D eigenvalue weighted by atomic mass is 9.99. The maximum absolute atomic E-state index is 5.46. The van der Waals surface area contributed by atoms with Crippen LogP contribution in [0.1, 0.15) is 24.8 Å². The van der Waals surface area contributed by atoms with Gasteiger partial charge in [0.05, 0.1) is 0 Å². The van der Waals surface area contributed by atoms with Crippen LogP contribution in [0.15, 0.2) is 18.2 Å². The first-order valence-corrected chi connectivity index (χ1v) is 7.02. The molecule has 1 saturated heterocycles. The van der Waals surface area contributed by atoms with Crippen molar-refractivity contribution in [3.05, 3.63) is 23.8 Å². The van der Waals surface area contributed by atoms with Crippen LogP contribution >= 0.6 is 0 Å².